The largest absolute Gasteiger partial charge is 0.269 e. The predicted octanol–water partition coefficient (Wildman–Crippen LogP) is 3.99. The second-order valence-corrected chi connectivity index (χ2v) is 3.32. The lowest BCUT2D eigenvalue weighted by molar-refractivity contribution is -0.384. The minimum Gasteiger partial charge on any atom is -0.258 e. The number of para-hydroxylation sites is 1. The minimum atomic E-state index is -0.417. The van der Waals surface area contributed by atoms with Crippen LogP contribution in [0.25, 0.3) is 0 Å². The maximum absolute atomic E-state index is 10.0. The number of nitrogens with zero attached hydrogens (tertiary/aromatic N) is 1. The molecule has 0 fully saturated rings. The lowest BCUT2D eigenvalue weighted by atomic mass is 10.3. The van der Waals surface area contributed by atoms with E-state index >= 15 is 0 Å². The van der Waals surface area contributed by atoms with E-state index in [1.807, 2.05) is 25.6 Å². The summed E-state index contributed by atoms with van der Waals surface area (Å²) >= 11 is 1.86. The molecule has 0 unspecified atom stereocenters. The zero-order valence-corrected chi connectivity index (χ0v) is 10.6. The third kappa shape index (κ3) is 10.9. The smallest absolute Gasteiger partial charge is 0.258 e. The second kappa shape index (κ2) is 13.0. The highest BCUT2D eigenvalue weighted by Gasteiger charge is 1.98. The minimum absolute atomic E-state index is 0.137. The number of hydrogen-bond donors (Lipinski definition) is 0. The maximum Gasteiger partial charge on any atom is 0.269 e. The van der Waals surface area contributed by atoms with Gasteiger partial charge in [0.2, 0.25) is 0 Å². The van der Waals surface area contributed by atoms with Gasteiger partial charge in [-0.2, -0.15) is 11.8 Å². The molecule has 4 heteroatoms. The summed E-state index contributed by atoms with van der Waals surface area (Å²) in [5.41, 5.74) is 0.137. The SMILES string of the molecule is CC.CCSC.O=[N+]([O-])c1ccccc1. The zero-order chi connectivity index (χ0) is 12.1. The van der Waals surface area contributed by atoms with Crippen LogP contribution in [0.5, 0.6) is 0 Å². The Balaban J connectivity index is 0. The molecule has 86 valence electrons. The molecule has 1 rings (SSSR count). The van der Waals surface area contributed by atoms with E-state index in [-0.39, 0.29) is 5.69 Å². The Hall–Kier alpha value is -1.03. The number of nitro groups is 1. The van der Waals surface area contributed by atoms with Crippen molar-refractivity contribution in [1.29, 1.82) is 0 Å². The average Bonchev–Trinajstić information content (AvgIpc) is 2.33. The summed E-state index contributed by atoms with van der Waals surface area (Å²) in [6.07, 6.45) is 2.10. The quantitative estimate of drug-likeness (QED) is 0.569. The second-order valence-electron chi connectivity index (χ2n) is 2.17. The Morgan fingerprint density at radius 3 is 1.87 bits per heavy atom. The molecular formula is C11H19NO2S. The average molecular weight is 229 g/mol. The van der Waals surface area contributed by atoms with Gasteiger partial charge in [0, 0.05) is 12.1 Å². The van der Waals surface area contributed by atoms with Crippen molar-refractivity contribution < 1.29 is 4.92 Å². The first-order chi connectivity index (χ1) is 7.22. The summed E-state index contributed by atoms with van der Waals surface area (Å²) in [5.74, 6) is 1.24. The van der Waals surface area contributed by atoms with Crippen LogP contribution >= 0.6 is 11.8 Å². The van der Waals surface area contributed by atoms with E-state index in [9.17, 15) is 10.1 Å². The van der Waals surface area contributed by atoms with Crippen LogP contribution < -0.4 is 0 Å². The molecule has 0 aliphatic heterocycles. The molecule has 0 radical (unpaired) electrons. The number of non-ortho nitro benzene ring substituents is 1. The van der Waals surface area contributed by atoms with E-state index in [1.54, 1.807) is 18.2 Å². The van der Waals surface area contributed by atoms with E-state index in [0.717, 1.165) is 0 Å². The summed E-state index contributed by atoms with van der Waals surface area (Å²) in [5, 5.41) is 10.0. The molecule has 1 aromatic carbocycles. The van der Waals surface area contributed by atoms with Gasteiger partial charge in [0.25, 0.3) is 5.69 Å². The number of benzene rings is 1. The van der Waals surface area contributed by atoms with Crippen molar-refractivity contribution in [2.45, 2.75) is 20.8 Å². The molecule has 0 atom stereocenters. The molecule has 0 saturated carbocycles. The Morgan fingerprint density at radius 2 is 1.67 bits per heavy atom. The summed E-state index contributed by atoms with van der Waals surface area (Å²) in [6.45, 7) is 6.14. The van der Waals surface area contributed by atoms with Crippen molar-refractivity contribution in [3.05, 3.63) is 40.4 Å². The van der Waals surface area contributed by atoms with E-state index in [4.69, 9.17) is 0 Å². The van der Waals surface area contributed by atoms with Crippen molar-refractivity contribution >= 4 is 17.4 Å². The van der Waals surface area contributed by atoms with E-state index in [0.29, 0.717) is 0 Å². The molecule has 0 aliphatic carbocycles. The topological polar surface area (TPSA) is 43.1 Å². The molecule has 0 aliphatic rings. The van der Waals surface area contributed by atoms with Gasteiger partial charge in [0.15, 0.2) is 0 Å². The van der Waals surface area contributed by atoms with Gasteiger partial charge in [-0.1, -0.05) is 39.0 Å². The Labute approximate surface area is 96.0 Å². The Morgan fingerprint density at radius 1 is 1.27 bits per heavy atom. The Bertz CT molecular complexity index is 238. The van der Waals surface area contributed by atoms with Crippen LogP contribution in [0.2, 0.25) is 0 Å². The third-order valence-electron chi connectivity index (χ3n) is 1.26. The van der Waals surface area contributed by atoms with Gasteiger partial charge in [-0.3, -0.25) is 10.1 Å². The van der Waals surface area contributed by atoms with Crippen molar-refractivity contribution in [1.82, 2.24) is 0 Å². The van der Waals surface area contributed by atoms with Crippen molar-refractivity contribution in [2.75, 3.05) is 12.0 Å². The van der Waals surface area contributed by atoms with Gasteiger partial charge in [0.1, 0.15) is 0 Å². The highest BCUT2D eigenvalue weighted by atomic mass is 32.2. The molecule has 0 heterocycles. The predicted molar refractivity (Wildman–Crippen MR) is 68.5 cm³/mol. The van der Waals surface area contributed by atoms with Crippen LogP contribution in [0.1, 0.15) is 20.8 Å². The summed E-state index contributed by atoms with van der Waals surface area (Å²) in [7, 11) is 0. The van der Waals surface area contributed by atoms with Crippen molar-refractivity contribution in [2.24, 2.45) is 0 Å². The van der Waals surface area contributed by atoms with Gasteiger partial charge < -0.3 is 0 Å². The first-order valence-electron chi connectivity index (χ1n) is 4.90. The maximum atomic E-state index is 10.0. The highest BCUT2D eigenvalue weighted by molar-refractivity contribution is 7.98. The van der Waals surface area contributed by atoms with Crippen LogP contribution in [0.15, 0.2) is 30.3 Å². The van der Waals surface area contributed by atoms with Crippen molar-refractivity contribution in [3.63, 3.8) is 0 Å². The number of thioether (sulfide) groups is 1. The summed E-state index contributed by atoms with van der Waals surface area (Å²) < 4.78 is 0. The summed E-state index contributed by atoms with van der Waals surface area (Å²) in [6, 6.07) is 7.93. The number of hydrogen-bond acceptors (Lipinski definition) is 3. The van der Waals surface area contributed by atoms with Crippen LogP contribution in [-0.4, -0.2) is 16.9 Å². The molecule has 1 aromatic rings. The molecule has 0 spiro atoms. The lowest BCUT2D eigenvalue weighted by Crippen LogP contribution is -1.84. The standard InChI is InChI=1S/C6H5NO2.C3H8S.C2H6/c8-7(9)6-4-2-1-3-5-6;1-3-4-2;1-2/h1-5H;3H2,1-2H3;1-2H3. The van der Waals surface area contributed by atoms with E-state index in [1.165, 1.54) is 17.9 Å². The Kier molecular flexibility index (Phi) is 14.2. The molecule has 0 saturated heterocycles. The zero-order valence-electron chi connectivity index (χ0n) is 9.77. The van der Waals surface area contributed by atoms with Crippen LogP contribution in [0.4, 0.5) is 5.69 Å². The molecule has 3 nitrogen and oxygen atoms in total. The monoisotopic (exact) mass is 229 g/mol. The lowest BCUT2D eigenvalue weighted by Gasteiger charge is -1.85. The molecule has 0 bridgehead atoms. The van der Waals surface area contributed by atoms with Crippen LogP contribution in [0, 0.1) is 10.1 Å². The molecule has 0 aromatic heterocycles. The molecular weight excluding hydrogens is 210 g/mol. The summed E-state index contributed by atoms with van der Waals surface area (Å²) in [4.78, 5) is 9.59. The highest BCUT2D eigenvalue weighted by Crippen LogP contribution is 2.06. The fourth-order valence-corrected chi connectivity index (χ4v) is 0.550. The normalized spacial score (nSPS) is 7.73. The molecule has 0 N–H and O–H groups in total. The van der Waals surface area contributed by atoms with Gasteiger partial charge in [-0.15, -0.1) is 0 Å². The fourth-order valence-electron chi connectivity index (χ4n) is 0.550. The van der Waals surface area contributed by atoms with E-state index in [2.05, 4.69) is 13.2 Å². The fraction of sp³-hybridized carbons (Fsp3) is 0.455. The first kappa shape index (κ1) is 16.4. The number of rotatable bonds is 2. The molecule has 15 heavy (non-hydrogen) atoms. The van der Waals surface area contributed by atoms with Gasteiger partial charge in [-0.05, 0) is 12.0 Å². The van der Waals surface area contributed by atoms with Crippen LogP contribution in [0.3, 0.4) is 0 Å². The van der Waals surface area contributed by atoms with Gasteiger partial charge in [-0.25, -0.2) is 0 Å². The van der Waals surface area contributed by atoms with Gasteiger partial charge >= 0.3 is 0 Å². The molecule has 0 amide bonds. The number of nitro benzene ring substituents is 1. The van der Waals surface area contributed by atoms with Gasteiger partial charge in [0.05, 0.1) is 4.92 Å². The third-order valence-corrected chi connectivity index (χ3v) is 1.83. The van der Waals surface area contributed by atoms with Crippen molar-refractivity contribution in [3.8, 4) is 0 Å². The first-order valence-corrected chi connectivity index (χ1v) is 6.30. The van der Waals surface area contributed by atoms with Crippen LogP contribution in [-0.2, 0) is 0 Å². The van der Waals surface area contributed by atoms with E-state index < -0.39 is 4.92 Å².